The number of carbonyl (C=O) groups excluding carboxylic acids is 2. The summed E-state index contributed by atoms with van der Waals surface area (Å²) >= 11 is 0. The summed E-state index contributed by atoms with van der Waals surface area (Å²) in [7, 11) is 0. The molecule has 6 heteroatoms. The van der Waals surface area contributed by atoms with Gasteiger partial charge >= 0.3 is 0 Å². The van der Waals surface area contributed by atoms with E-state index in [1.165, 1.54) is 6.92 Å². The smallest absolute Gasteiger partial charge is 0.253 e. The average molecular weight is 327 g/mol. The highest BCUT2D eigenvalue weighted by atomic mass is 16.2. The second-order valence-corrected chi connectivity index (χ2v) is 5.77. The molecule has 0 bridgehead atoms. The minimum atomic E-state index is -0.174. The van der Waals surface area contributed by atoms with Gasteiger partial charge in [-0.15, -0.1) is 0 Å². The van der Waals surface area contributed by atoms with Crippen LogP contribution in [0, 0.1) is 13.8 Å². The molecule has 24 heavy (non-hydrogen) atoms. The van der Waals surface area contributed by atoms with E-state index < -0.39 is 0 Å². The van der Waals surface area contributed by atoms with Crippen molar-refractivity contribution >= 4 is 17.5 Å². The van der Waals surface area contributed by atoms with Crippen molar-refractivity contribution in [3.8, 4) is 0 Å². The third-order valence-corrected chi connectivity index (χ3v) is 3.60. The van der Waals surface area contributed by atoms with Gasteiger partial charge in [-0.25, -0.2) is 0 Å². The topological polar surface area (TPSA) is 91.1 Å². The Morgan fingerprint density at radius 1 is 1.12 bits per heavy atom. The van der Waals surface area contributed by atoms with Crippen molar-refractivity contribution in [3.05, 3.63) is 63.1 Å². The lowest BCUT2D eigenvalue weighted by Gasteiger charge is -2.09. The summed E-state index contributed by atoms with van der Waals surface area (Å²) < 4.78 is 0. The number of nitrogens with one attached hydrogen (secondary N) is 3. The lowest BCUT2D eigenvalue weighted by molar-refractivity contribution is -0.120. The third kappa shape index (κ3) is 4.81. The molecule has 3 N–H and O–H groups in total. The van der Waals surface area contributed by atoms with Gasteiger partial charge in [-0.05, 0) is 43.2 Å². The number of rotatable bonds is 5. The molecule has 0 atom stereocenters. The van der Waals surface area contributed by atoms with Crippen molar-refractivity contribution in [1.29, 1.82) is 0 Å². The molecule has 0 spiro atoms. The van der Waals surface area contributed by atoms with Crippen LogP contribution >= 0.6 is 0 Å². The Bertz CT molecular complexity index is 807. The number of H-pyrrole nitrogens is 1. The zero-order valence-electron chi connectivity index (χ0n) is 14.0. The fourth-order valence-electron chi connectivity index (χ4n) is 2.45. The highest BCUT2D eigenvalue weighted by molar-refractivity contribution is 5.88. The van der Waals surface area contributed by atoms with E-state index in [0.29, 0.717) is 11.3 Å². The van der Waals surface area contributed by atoms with Crippen LogP contribution in [0.1, 0.15) is 29.3 Å². The number of aryl methyl sites for hydroxylation is 2. The third-order valence-electron chi connectivity index (χ3n) is 3.60. The molecule has 0 saturated heterocycles. The van der Waals surface area contributed by atoms with Crippen LogP contribution in [0.4, 0.5) is 5.69 Å². The molecule has 0 radical (unpaired) electrons. The number of benzene rings is 1. The normalized spacial score (nSPS) is 10.3. The molecule has 6 nitrogen and oxygen atoms in total. The molecule has 2 aromatic rings. The van der Waals surface area contributed by atoms with Crippen LogP contribution in [-0.4, -0.2) is 16.8 Å². The lowest BCUT2D eigenvalue weighted by atomic mass is 10.1. The van der Waals surface area contributed by atoms with Crippen molar-refractivity contribution < 1.29 is 9.59 Å². The molecule has 0 fully saturated rings. The highest BCUT2D eigenvalue weighted by Crippen LogP contribution is 2.10. The van der Waals surface area contributed by atoms with Gasteiger partial charge in [-0.1, -0.05) is 12.1 Å². The number of amides is 2. The van der Waals surface area contributed by atoms with Crippen LogP contribution in [0.3, 0.4) is 0 Å². The van der Waals surface area contributed by atoms with Crippen molar-refractivity contribution in [2.45, 2.75) is 33.7 Å². The van der Waals surface area contributed by atoms with Crippen molar-refractivity contribution in [1.82, 2.24) is 10.3 Å². The largest absolute Gasteiger partial charge is 0.352 e. The summed E-state index contributed by atoms with van der Waals surface area (Å²) in [5.41, 5.74) is 3.56. The predicted molar refractivity (Wildman–Crippen MR) is 92.8 cm³/mol. The highest BCUT2D eigenvalue weighted by Gasteiger charge is 2.08. The molecule has 1 heterocycles. The van der Waals surface area contributed by atoms with Crippen LogP contribution in [-0.2, 0) is 22.6 Å². The molecule has 1 aromatic heterocycles. The Kier molecular flexibility index (Phi) is 5.52. The number of pyridine rings is 1. The molecule has 0 saturated carbocycles. The molecule has 2 amide bonds. The lowest BCUT2D eigenvalue weighted by Crippen LogP contribution is -2.29. The molecule has 126 valence electrons. The SMILES string of the molecule is CC(=O)Nc1ccc(CC(=O)NCc2c(C)cc(C)[nH]c2=O)cc1. The summed E-state index contributed by atoms with van der Waals surface area (Å²) in [5.74, 6) is -0.305. The summed E-state index contributed by atoms with van der Waals surface area (Å²) in [4.78, 5) is 37.7. The molecule has 0 aliphatic carbocycles. The number of aromatic nitrogens is 1. The first kappa shape index (κ1) is 17.5. The first-order valence-corrected chi connectivity index (χ1v) is 7.68. The van der Waals surface area contributed by atoms with Crippen molar-refractivity contribution in [3.63, 3.8) is 0 Å². The van der Waals surface area contributed by atoms with E-state index in [-0.39, 0.29) is 30.3 Å². The van der Waals surface area contributed by atoms with Crippen LogP contribution in [0.15, 0.2) is 35.1 Å². The molecular formula is C18H21N3O3. The van der Waals surface area contributed by atoms with E-state index in [1.54, 1.807) is 24.3 Å². The predicted octanol–water partition coefficient (Wildman–Crippen LogP) is 1.81. The van der Waals surface area contributed by atoms with Gasteiger partial charge < -0.3 is 15.6 Å². The van der Waals surface area contributed by atoms with Gasteiger partial charge in [0.25, 0.3) is 5.56 Å². The van der Waals surface area contributed by atoms with Gasteiger partial charge in [0.05, 0.1) is 6.42 Å². The number of aromatic amines is 1. The number of hydrogen-bond acceptors (Lipinski definition) is 3. The standard InChI is InChI=1S/C18H21N3O3/c1-11-8-12(2)20-18(24)16(11)10-19-17(23)9-14-4-6-15(7-5-14)21-13(3)22/h4-8H,9-10H2,1-3H3,(H,19,23)(H,20,24)(H,21,22). The maximum atomic E-state index is 12.0. The Hall–Kier alpha value is -2.89. The maximum Gasteiger partial charge on any atom is 0.253 e. The van der Waals surface area contributed by atoms with E-state index >= 15 is 0 Å². The van der Waals surface area contributed by atoms with E-state index in [9.17, 15) is 14.4 Å². The van der Waals surface area contributed by atoms with Gasteiger partial charge in [-0.3, -0.25) is 14.4 Å². The summed E-state index contributed by atoms with van der Waals surface area (Å²) in [6.07, 6.45) is 0.211. The van der Waals surface area contributed by atoms with E-state index in [4.69, 9.17) is 0 Å². The number of anilines is 1. The summed E-state index contributed by atoms with van der Waals surface area (Å²) in [5, 5.41) is 5.44. The maximum absolute atomic E-state index is 12.0. The van der Waals surface area contributed by atoms with E-state index in [0.717, 1.165) is 16.8 Å². The summed E-state index contributed by atoms with van der Waals surface area (Å²) in [6.45, 7) is 5.31. The van der Waals surface area contributed by atoms with Crippen LogP contribution in [0.25, 0.3) is 0 Å². The fraction of sp³-hybridized carbons (Fsp3) is 0.278. The second kappa shape index (κ2) is 7.59. The fourth-order valence-corrected chi connectivity index (χ4v) is 2.45. The van der Waals surface area contributed by atoms with Crippen LogP contribution in [0.5, 0.6) is 0 Å². The number of hydrogen-bond donors (Lipinski definition) is 3. The monoisotopic (exact) mass is 327 g/mol. The molecular weight excluding hydrogens is 306 g/mol. The Labute approximate surface area is 140 Å². The minimum absolute atomic E-state index is 0.140. The van der Waals surface area contributed by atoms with Crippen LogP contribution < -0.4 is 16.2 Å². The first-order valence-electron chi connectivity index (χ1n) is 7.68. The van der Waals surface area contributed by atoms with Crippen molar-refractivity contribution in [2.24, 2.45) is 0 Å². The molecule has 2 rings (SSSR count). The Morgan fingerprint density at radius 3 is 2.38 bits per heavy atom. The Balaban J connectivity index is 1.94. The van der Waals surface area contributed by atoms with Crippen molar-refractivity contribution in [2.75, 3.05) is 5.32 Å². The average Bonchev–Trinajstić information content (AvgIpc) is 2.47. The zero-order chi connectivity index (χ0) is 17.7. The summed E-state index contributed by atoms with van der Waals surface area (Å²) in [6, 6.07) is 8.95. The van der Waals surface area contributed by atoms with Crippen LogP contribution in [0.2, 0.25) is 0 Å². The molecule has 0 unspecified atom stereocenters. The van der Waals surface area contributed by atoms with Gasteiger partial charge in [-0.2, -0.15) is 0 Å². The van der Waals surface area contributed by atoms with Gasteiger partial charge in [0, 0.05) is 30.4 Å². The minimum Gasteiger partial charge on any atom is -0.352 e. The van der Waals surface area contributed by atoms with Gasteiger partial charge in [0.1, 0.15) is 0 Å². The van der Waals surface area contributed by atoms with Gasteiger partial charge in [0.2, 0.25) is 11.8 Å². The Morgan fingerprint density at radius 2 is 1.79 bits per heavy atom. The molecule has 0 aliphatic rings. The molecule has 1 aromatic carbocycles. The number of carbonyl (C=O) groups is 2. The second-order valence-electron chi connectivity index (χ2n) is 5.77. The van der Waals surface area contributed by atoms with E-state index in [2.05, 4.69) is 15.6 Å². The zero-order valence-corrected chi connectivity index (χ0v) is 14.0. The molecule has 0 aliphatic heterocycles. The first-order chi connectivity index (χ1) is 11.3. The quantitative estimate of drug-likeness (QED) is 0.782. The van der Waals surface area contributed by atoms with E-state index in [1.807, 2.05) is 19.9 Å². The van der Waals surface area contributed by atoms with Gasteiger partial charge in [0.15, 0.2) is 0 Å².